The number of nitrogens with one attached hydrogen (secondary N) is 2. The number of likely N-dealkylation sites (tertiary alicyclic amines) is 1. The molecule has 0 radical (unpaired) electrons. The van der Waals surface area contributed by atoms with Gasteiger partial charge in [-0.05, 0) is 100 Å². The first-order chi connectivity index (χ1) is 15.6. The topological polar surface area (TPSA) is 64.7 Å². The zero-order valence-electron chi connectivity index (χ0n) is 19.3. The number of amides is 2. The van der Waals surface area contributed by atoms with Gasteiger partial charge in [0, 0.05) is 31.7 Å². The number of piperidine rings is 4. The van der Waals surface area contributed by atoms with Crippen LogP contribution >= 0.6 is 0 Å². The molecule has 6 heteroatoms. The largest absolute Gasteiger partial charge is 0.372 e. The summed E-state index contributed by atoms with van der Waals surface area (Å²) in [5.41, 5.74) is 2.92. The molecule has 1 aromatic rings. The number of imide groups is 1. The average molecular weight is 439 g/mol. The fraction of sp³-hybridized carbons (Fsp3) is 0.692. The van der Waals surface area contributed by atoms with Gasteiger partial charge in [0.05, 0.1) is 5.92 Å². The summed E-state index contributed by atoms with van der Waals surface area (Å²) in [4.78, 5) is 28.8. The molecule has 1 atom stereocenters. The standard InChI is InChI=1S/C26H38N4O2/c31-24-6-5-23(25(32)28-24)21-1-3-22(4-2-21)30-15-7-20(8-16-30)19-29-17-11-26(12-18-29)9-13-27-14-10-26/h1-4,20,23,27H,5-19H2,(H,28,31,32). The van der Waals surface area contributed by atoms with Gasteiger partial charge in [-0.3, -0.25) is 14.9 Å². The van der Waals surface area contributed by atoms with Crippen molar-refractivity contribution in [3.05, 3.63) is 29.8 Å². The molecule has 1 aromatic carbocycles. The summed E-state index contributed by atoms with van der Waals surface area (Å²) in [6, 6.07) is 8.46. The fourth-order valence-electron chi connectivity index (χ4n) is 6.33. The molecule has 4 saturated heterocycles. The Morgan fingerprint density at radius 3 is 2.22 bits per heavy atom. The quantitative estimate of drug-likeness (QED) is 0.708. The highest BCUT2D eigenvalue weighted by Crippen LogP contribution is 2.40. The second-order valence-corrected chi connectivity index (χ2v) is 10.6. The molecule has 4 aliphatic heterocycles. The number of carbonyl (C=O) groups is 2. The molecule has 2 N–H and O–H groups in total. The van der Waals surface area contributed by atoms with Gasteiger partial charge in [-0.25, -0.2) is 0 Å². The third-order valence-corrected chi connectivity index (χ3v) is 8.61. The number of carbonyl (C=O) groups excluding carboxylic acids is 2. The average Bonchev–Trinajstić information content (AvgIpc) is 2.82. The van der Waals surface area contributed by atoms with E-state index in [2.05, 4.69) is 44.7 Å². The molecule has 4 aliphatic rings. The van der Waals surface area contributed by atoms with E-state index in [1.165, 1.54) is 76.9 Å². The van der Waals surface area contributed by atoms with Crippen molar-refractivity contribution in [2.45, 2.75) is 57.3 Å². The number of anilines is 1. The van der Waals surface area contributed by atoms with Crippen LogP contribution in [0.4, 0.5) is 5.69 Å². The molecule has 5 rings (SSSR count). The number of hydrogen-bond acceptors (Lipinski definition) is 5. The molecule has 6 nitrogen and oxygen atoms in total. The molecular formula is C26H38N4O2. The van der Waals surface area contributed by atoms with E-state index in [1.54, 1.807) is 0 Å². The van der Waals surface area contributed by atoms with Crippen molar-refractivity contribution in [2.24, 2.45) is 11.3 Å². The number of hydrogen-bond donors (Lipinski definition) is 2. The van der Waals surface area contributed by atoms with Gasteiger partial charge in [0.1, 0.15) is 0 Å². The lowest BCUT2D eigenvalue weighted by atomic mass is 9.71. The number of rotatable bonds is 4. The van der Waals surface area contributed by atoms with Crippen molar-refractivity contribution in [1.29, 1.82) is 0 Å². The van der Waals surface area contributed by atoms with Crippen molar-refractivity contribution in [3.63, 3.8) is 0 Å². The molecule has 0 bridgehead atoms. The Morgan fingerprint density at radius 1 is 0.875 bits per heavy atom. The van der Waals surface area contributed by atoms with Crippen molar-refractivity contribution in [3.8, 4) is 0 Å². The normalized spacial score (nSPS) is 27.5. The molecule has 0 saturated carbocycles. The molecular weight excluding hydrogens is 400 g/mol. The van der Waals surface area contributed by atoms with Gasteiger partial charge in [0.15, 0.2) is 0 Å². The Labute approximate surface area is 192 Å². The Balaban J connectivity index is 1.08. The third kappa shape index (κ3) is 4.86. The lowest BCUT2D eigenvalue weighted by molar-refractivity contribution is -0.134. The van der Waals surface area contributed by atoms with E-state index in [9.17, 15) is 9.59 Å². The van der Waals surface area contributed by atoms with E-state index < -0.39 is 0 Å². The minimum absolute atomic E-state index is 0.152. The van der Waals surface area contributed by atoms with E-state index in [1.807, 2.05) is 0 Å². The van der Waals surface area contributed by atoms with Gasteiger partial charge in [0.25, 0.3) is 0 Å². The fourth-order valence-corrected chi connectivity index (χ4v) is 6.33. The van der Waals surface area contributed by atoms with Crippen LogP contribution in [-0.4, -0.2) is 62.5 Å². The summed E-state index contributed by atoms with van der Waals surface area (Å²) >= 11 is 0. The first-order valence-corrected chi connectivity index (χ1v) is 12.7. The van der Waals surface area contributed by atoms with Crippen LogP contribution in [0.5, 0.6) is 0 Å². The monoisotopic (exact) mass is 438 g/mol. The SMILES string of the molecule is O=C1CCC(c2ccc(N3CCC(CN4CCC5(CCNCC5)CC4)CC3)cc2)C(=O)N1. The van der Waals surface area contributed by atoms with E-state index in [-0.39, 0.29) is 17.7 Å². The molecule has 32 heavy (non-hydrogen) atoms. The minimum atomic E-state index is -0.193. The van der Waals surface area contributed by atoms with Gasteiger partial charge >= 0.3 is 0 Å². The lowest BCUT2D eigenvalue weighted by Crippen LogP contribution is -2.47. The molecule has 174 valence electrons. The van der Waals surface area contributed by atoms with Gasteiger partial charge in [-0.15, -0.1) is 0 Å². The zero-order valence-corrected chi connectivity index (χ0v) is 19.3. The Kier molecular flexibility index (Phi) is 6.51. The van der Waals surface area contributed by atoms with Gasteiger partial charge < -0.3 is 15.1 Å². The van der Waals surface area contributed by atoms with Crippen LogP contribution in [0, 0.1) is 11.3 Å². The van der Waals surface area contributed by atoms with Crippen LogP contribution < -0.4 is 15.5 Å². The van der Waals surface area contributed by atoms with E-state index in [0.29, 0.717) is 18.3 Å². The molecule has 1 spiro atoms. The van der Waals surface area contributed by atoms with Crippen LogP contribution in [0.1, 0.15) is 62.8 Å². The van der Waals surface area contributed by atoms with Crippen molar-refractivity contribution in [1.82, 2.24) is 15.5 Å². The highest BCUT2D eigenvalue weighted by Gasteiger charge is 2.36. The Morgan fingerprint density at radius 2 is 1.56 bits per heavy atom. The first-order valence-electron chi connectivity index (χ1n) is 12.7. The maximum atomic E-state index is 12.1. The second-order valence-electron chi connectivity index (χ2n) is 10.6. The van der Waals surface area contributed by atoms with E-state index in [0.717, 1.165) is 24.6 Å². The third-order valence-electron chi connectivity index (χ3n) is 8.61. The molecule has 0 aliphatic carbocycles. The summed E-state index contributed by atoms with van der Waals surface area (Å²) in [5.74, 6) is 0.316. The summed E-state index contributed by atoms with van der Waals surface area (Å²) in [5, 5.41) is 5.99. The van der Waals surface area contributed by atoms with Crippen LogP contribution in [0.25, 0.3) is 0 Å². The predicted octanol–water partition coefficient (Wildman–Crippen LogP) is 2.89. The van der Waals surface area contributed by atoms with Gasteiger partial charge in [-0.2, -0.15) is 0 Å². The maximum Gasteiger partial charge on any atom is 0.234 e. The summed E-state index contributed by atoms with van der Waals surface area (Å²) in [7, 11) is 0. The Hall–Kier alpha value is -1.92. The van der Waals surface area contributed by atoms with E-state index in [4.69, 9.17) is 0 Å². The van der Waals surface area contributed by atoms with Gasteiger partial charge in [-0.1, -0.05) is 12.1 Å². The Bertz CT molecular complexity index is 800. The van der Waals surface area contributed by atoms with Crippen LogP contribution in [0.15, 0.2) is 24.3 Å². The van der Waals surface area contributed by atoms with E-state index >= 15 is 0 Å². The zero-order chi connectivity index (χ0) is 22.0. The maximum absolute atomic E-state index is 12.1. The molecule has 1 unspecified atom stereocenters. The molecule has 0 aromatic heterocycles. The van der Waals surface area contributed by atoms with Crippen molar-refractivity contribution >= 4 is 17.5 Å². The first kappa shape index (κ1) is 21.9. The summed E-state index contributed by atoms with van der Waals surface area (Å²) in [6.07, 6.45) is 9.12. The minimum Gasteiger partial charge on any atom is -0.372 e. The predicted molar refractivity (Wildman–Crippen MR) is 127 cm³/mol. The molecule has 4 heterocycles. The summed E-state index contributed by atoms with van der Waals surface area (Å²) in [6.45, 7) is 8.53. The number of benzene rings is 1. The van der Waals surface area contributed by atoms with Gasteiger partial charge in [0.2, 0.25) is 11.8 Å². The number of nitrogens with zero attached hydrogens (tertiary/aromatic N) is 2. The summed E-state index contributed by atoms with van der Waals surface area (Å²) < 4.78 is 0. The molecule has 4 fully saturated rings. The second kappa shape index (κ2) is 9.52. The van der Waals surface area contributed by atoms with Crippen LogP contribution in [0.2, 0.25) is 0 Å². The highest BCUT2D eigenvalue weighted by atomic mass is 16.2. The van der Waals surface area contributed by atoms with Crippen LogP contribution in [0.3, 0.4) is 0 Å². The van der Waals surface area contributed by atoms with Crippen molar-refractivity contribution in [2.75, 3.05) is 50.7 Å². The smallest absolute Gasteiger partial charge is 0.234 e. The molecule has 2 amide bonds. The van der Waals surface area contributed by atoms with Crippen molar-refractivity contribution < 1.29 is 9.59 Å². The lowest BCUT2D eigenvalue weighted by Gasteiger charge is -2.45. The highest BCUT2D eigenvalue weighted by molar-refractivity contribution is 6.00. The van der Waals surface area contributed by atoms with Crippen LogP contribution in [-0.2, 0) is 9.59 Å².